The SMILES string of the molecule is N#Cc1cc(C(=O)O)ccc1-c1ccc(C(=O)O)cc1C#N. The van der Waals surface area contributed by atoms with E-state index in [-0.39, 0.29) is 22.3 Å². The Bertz CT molecular complexity index is 799. The van der Waals surface area contributed by atoms with Gasteiger partial charge in [0.25, 0.3) is 0 Å². The summed E-state index contributed by atoms with van der Waals surface area (Å²) < 4.78 is 0. The van der Waals surface area contributed by atoms with Gasteiger partial charge in [0.05, 0.1) is 34.4 Å². The van der Waals surface area contributed by atoms with Gasteiger partial charge in [-0.15, -0.1) is 0 Å². The Labute approximate surface area is 125 Å². The highest BCUT2D eigenvalue weighted by molar-refractivity contribution is 5.92. The van der Waals surface area contributed by atoms with E-state index in [0.29, 0.717) is 11.1 Å². The van der Waals surface area contributed by atoms with Crippen LogP contribution in [-0.2, 0) is 0 Å². The number of hydrogen-bond donors (Lipinski definition) is 2. The number of nitriles is 2. The third-order valence-electron chi connectivity index (χ3n) is 3.06. The van der Waals surface area contributed by atoms with Crippen molar-refractivity contribution in [3.8, 4) is 23.3 Å². The van der Waals surface area contributed by atoms with Crippen molar-refractivity contribution in [3.63, 3.8) is 0 Å². The normalized spacial score (nSPS) is 9.55. The fourth-order valence-electron chi connectivity index (χ4n) is 2.01. The first-order valence-corrected chi connectivity index (χ1v) is 6.03. The smallest absolute Gasteiger partial charge is 0.335 e. The summed E-state index contributed by atoms with van der Waals surface area (Å²) in [7, 11) is 0. The first kappa shape index (κ1) is 14.8. The summed E-state index contributed by atoms with van der Waals surface area (Å²) in [6.45, 7) is 0. The minimum absolute atomic E-state index is 0.0408. The predicted octanol–water partition coefficient (Wildman–Crippen LogP) is 2.49. The molecule has 0 amide bonds. The molecule has 0 aromatic heterocycles. The van der Waals surface area contributed by atoms with Gasteiger partial charge in [-0.05, 0) is 24.3 Å². The standard InChI is InChI=1S/C16H8N2O4/c17-7-11-5-9(15(19)20)1-3-13(11)14-4-2-10(16(21)22)6-12(14)8-18/h1-6H,(H,19,20)(H,21,22). The molecule has 0 fully saturated rings. The Balaban J connectivity index is 2.67. The Kier molecular flexibility index (Phi) is 3.88. The van der Waals surface area contributed by atoms with Crippen molar-refractivity contribution in [2.45, 2.75) is 0 Å². The summed E-state index contributed by atoms with van der Waals surface area (Å²) in [6, 6.07) is 11.7. The first-order chi connectivity index (χ1) is 10.5. The molecule has 2 aromatic rings. The quantitative estimate of drug-likeness (QED) is 0.896. The zero-order valence-electron chi connectivity index (χ0n) is 11.1. The van der Waals surface area contributed by atoms with Gasteiger partial charge in [-0.2, -0.15) is 10.5 Å². The fourth-order valence-corrected chi connectivity index (χ4v) is 2.01. The summed E-state index contributed by atoms with van der Waals surface area (Å²) in [5.41, 5.74) is 0.864. The maximum Gasteiger partial charge on any atom is 0.335 e. The lowest BCUT2D eigenvalue weighted by atomic mass is 9.93. The van der Waals surface area contributed by atoms with Crippen LogP contribution >= 0.6 is 0 Å². The maximum absolute atomic E-state index is 10.9. The van der Waals surface area contributed by atoms with Crippen LogP contribution in [0.2, 0.25) is 0 Å². The molecule has 106 valence electrons. The molecule has 0 atom stereocenters. The summed E-state index contributed by atoms with van der Waals surface area (Å²) >= 11 is 0. The highest BCUT2D eigenvalue weighted by atomic mass is 16.4. The van der Waals surface area contributed by atoms with Gasteiger partial charge in [0.1, 0.15) is 0 Å². The van der Waals surface area contributed by atoms with Gasteiger partial charge >= 0.3 is 11.9 Å². The molecule has 0 aliphatic heterocycles. The average Bonchev–Trinajstić information content (AvgIpc) is 2.53. The number of hydrogen-bond acceptors (Lipinski definition) is 4. The minimum Gasteiger partial charge on any atom is -0.478 e. The van der Waals surface area contributed by atoms with Crippen molar-refractivity contribution in [1.29, 1.82) is 10.5 Å². The molecule has 0 saturated carbocycles. The second-order valence-electron chi connectivity index (χ2n) is 4.35. The Morgan fingerprint density at radius 2 is 1.14 bits per heavy atom. The van der Waals surface area contributed by atoms with Crippen molar-refractivity contribution < 1.29 is 19.8 Å². The van der Waals surface area contributed by atoms with Crippen molar-refractivity contribution in [3.05, 3.63) is 58.7 Å². The van der Waals surface area contributed by atoms with Crippen molar-refractivity contribution in [1.82, 2.24) is 0 Å². The molecule has 0 saturated heterocycles. The maximum atomic E-state index is 10.9. The number of aromatic carboxylic acids is 2. The van der Waals surface area contributed by atoms with Crippen molar-refractivity contribution >= 4 is 11.9 Å². The Morgan fingerprint density at radius 3 is 1.41 bits per heavy atom. The average molecular weight is 292 g/mol. The molecule has 2 aromatic carbocycles. The molecule has 0 aliphatic rings. The van der Waals surface area contributed by atoms with E-state index < -0.39 is 11.9 Å². The third-order valence-corrected chi connectivity index (χ3v) is 3.06. The lowest BCUT2D eigenvalue weighted by Gasteiger charge is -2.08. The highest BCUT2D eigenvalue weighted by Crippen LogP contribution is 2.28. The molecule has 6 heteroatoms. The van der Waals surface area contributed by atoms with Crippen LogP contribution < -0.4 is 0 Å². The zero-order valence-corrected chi connectivity index (χ0v) is 11.1. The van der Waals surface area contributed by atoms with Crippen LogP contribution in [-0.4, -0.2) is 22.2 Å². The van der Waals surface area contributed by atoms with E-state index in [2.05, 4.69) is 0 Å². The van der Waals surface area contributed by atoms with Gasteiger partial charge in [-0.1, -0.05) is 12.1 Å². The number of carboxylic acid groups (broad SMARTS) is 2. The van der Waals surface area contributed by atoms with Crippen LogP contribution in [0, 0.1) is 22.7 Å². The van der Waals surface area contributed by atoms with E-state index in [0.717, 1.165) is 0 Å². The molecule has 0 unspecified atom stereocenters. The monoisotopic (exact) mass is 292 g/mol. The molecule has 0 bridgehead atoms. The molecule has 0 heterocycles. The lowest BCUT2D eigenvalue weighted by molar-refractivity contribution is 0.0686. The second-order valence-corrected chi connectivity index (χ2v) is 4.35. The van der Waals surface area contributed by atoms with Gasteiger partial charge in [0.15, 0.2) is 0 Å². The van der Waals surface area contributed by atoms with Gasteiger partial charge in [-0.3, -0.25) is 0 Å². The van der Waals surface area contributed by atoms with Crippen molar-refractivity contribution in [2.24, 2.45) is 0 Å². The first-order valence-electron chi connectivity index (χ1n) is 6.03. The van der Waals surface area contributed by atoms with Gasteiger partial charge in [-0.25, -0.2) is 9.59 Å². The summed E-state index contributed by atoms with van der Waals surface area (Å²) in [5.74, 6) is -2.32. The van der Waals surface area contributed by atoms with Crippen LogP contribution in [0.3, 0.4) is 0 Å². The van der Waals surface area contributed by atoms with Gasteiger partial charge in [0.2, 0.25) is 0 Å². The zero-order chi connectivity index (χ0) is 16.3. The molecular formula is C16H8N2O4. The van der Waals surface area contributed by atoms with Gasteiger partial charge < -0.3 is 10.2 Å². The molecule has 0 spiro atoms. The minimum atomic E-state index is -1.16. The molecule has 2 rings (SSSR count). The Morgan fingerprint density at radius 1 is 0.773 bits per heavy atom. The number of nitrogens with zero attached hydrogens (tertiary/aromatic N) is 2. The number of carbonyl (C=O) groups is 2. The number of benzene rings is 2. The molecule has 0 radical (unpaired) electrons. The number of rotatable bonds is 3. The topological polar surface area (TPSA) is 122 Å². The lowest BCUT2D eigenvalue weighted by Crippen LogP contribution is -2.00. The third kappa shape index (κ3) is 2.62. The van der Waals surface area contributed by atoms with E-state index in [1.807, 2.05) is 12.1 Å². The summed E-state index contributed by atoms with van der Waals surface area (Å²) in [5, 5.41) is 36.2. The molecule has 22 heavy (non-hydrogen) atoms. The molecule has 0 aliphatic carbocycles. The van der Waals surface area contributed by atoms with Crippen LogP contribution in [0.5, 0.6) is 0 Å². The van der Waals surface area contributed by atoms with Crippen molar-refractivity contribution in [2.75, 3.05) is 0 Å². The predicted molar refractivity (Wildman–Crippen MR) is 75.2 cm³/mol. The fraction of sp³-hybridized carbons (Fsp3) is 0. The largest absolute Gasteiger partial charge is 0.478 e. The van der Waals surface area contributed by atoms with Crippen LogP contribution in [0.4, 0.5) is 0 Å². The van der Waals surface area contributed by atoms with Crippen LogP contribution in [0.25, 0.3) is 11.1 Å². The Hall–Kier alpha value is -3.64. The van der Waals surface area contributed by atoms with E-state index in [9.17, 15) is 20.1 Å². The highest BCUT2D eigenvalue weighted by Gasteiger charge is 2.14. The summed E-state index contributed by atoms with van der Waals surface area (Å²) in [4.78, 5) is 21.9. The summed E-state index contributed by atoms with van der Waals surface area (Å²) in [6.07, 6.45) is 0. The van der Waals surface area contributed by atoms with E-state index in [1.165, 1.54) is 36.4 Å². The van der Waals surface area contributed by atoms with Crippen LogP contribution in [0.15, 0.2) is 36.4 Å². The van der Waals surface area contributed by atoms with E-state index in [1.54, 1.807) is 0 Å². The number of carboxylic acids is 2. The van der Waals surface area contributed by atoms with E-state index >= 15 is 0 Å². The van der Waals surface area contributed by atoms with Crippen LogP contribution in [0.1, 0.15) is 31.8 Å². The van der Waals surface area contributed by atoms with E-state index in [4.69, 9.17) is 10.2 Å². The van der Waals surface area contributed by atoms with Gasteiger partial charge in [0, 0.05) is 11.1 Å². The second kappa shape index (κ2) is 5.78. The molecule has 6 nitrogen and oxygen atoms in total. The molecular weight excluding hydrogens is 284 g/mol. The molecule has 2 N–H and O–H groups in total.